The number of thioether (sulfide) groups is 1. The molecule has 1 aromatic heterocycles. The fourth-order valence-corrected chi connectivity index (χ4v) is 3.05. The van der Waals surface area contributed by atoms with Gasteiger partial charge in [-0.25, -0.2) is 0 Å². The van der Waals surface area contributed by atoms with E-state index in [9.17, 15) is 4.79 Å². The molecule has 4 heteroatoms. The van der Waals surface area contributed by atoms with Gasteiger partial charge in [0.2, 0.25) is 0 Å². The Kier molecular flexibility index (Phi) is 5.83. The fraction of sp³-hybridized carbons (Fsp3) is 0.312. The van der Waals surface area contributed by atoms with Gasteiger partial charge in [0.05, 0.1) is 6.54 Å². The van der Waals surface area contributed by atoms with Gasteiger partial charge in [0, 0.05) is 21.9 Å². The van der Waals surface area contributed by atoms with Crippen LogP contribution < -0.4 is 0 Å². The number of hydrogen-bond acceptors (Lipinski definition) is 4. The van der Waals surface area contributed by atoms with Crippen molar-refractivity contribution < 1.29 is 4.79 Å². The first-order valence-electron chi connectivity index (χ1n) is 6.57. The molecule has 0 fully saturated rings. The first-order chi connectivity index (χ1) is 9.69. The van der Waals surface area contributed by atoms with Crippen LogP contribution in [0.15, 0.2) is 46.7 Å². The Morgan fingerprint density at radius 1 is 1.25 bits per heavy atom. The summed E-state index contributed by atoms with van der Waals surface area (Å²) in [5, 5.41) is 2.09. The average Bonchev–Trinajstić information content (AvgIpc) is 2.98. The Morgan fingerprint density at radius 2 is 2.00 bits per heavy atom. The molecule has 0 saturated carbocycles. The summed E-state index contributed by atoms with van der Waals surface area (Å²) >= 11 is 3.46. The van der Waals surface area contributed by atoms with Crippen molar-refractivity contribution in [3.8, 4) is 0 Å². The van der Waals surface area contributed by atoms with Crippen molar-refractivity contribution in [1.29, 1.82) is 0 Å². The van der Waals surface area contributed by atoms with E-state index in [1.165, 1.54) is 9.77 Å². The second-order valence-electron chi connectivity index (χ2n) is 4.72. The van der Waals surface area contributed by atoms with Gasteiger partial charge >= 0.3 is 0 Å². The number of benzene rings is 1. The van der Waals surface area contributed by atoms with Crippen LogP contribution in [0.25, 0.3) is 0 Å². The van der Waals surface area contributed by atoms with E-state index in [-0.39, 0.29) is 5.78 Å². The first kappa shape index (κ1) is 15.3. The molecule has 106 valence electrons. The zero-order valence-corrected chi connectivity index (χ0v) is 13.5. The highest BCUT2D eigenvalue weighted by molar-refractivity contribution is 7.98. The molecule has 0 aliphatic heterocycles. The van der Waals surface area contributed by atoms with Crippen LogP contribution in [0.5, 0.6) is 0 Å². The molecule has 0 radical (unpaired) electrons. The van der Waals surface area contributed by atoms with Crippen molar-refractivity contribution in [3.63, 3.8) is 0 Å². The van der Waals surface area contributed by atoms with E-state index in [2.05, 4.69) is 22.4 Å². The molecule has 0 N–H and O–H groups in total. The largest absolute Gasteiger partial charge is 0.299 e. The van der Waals surface area contributed by atoms with E-state index in [1.807, 2.05) is 37.6 Å². The maximum absolute atomic E-state index is 12.2. The Labute approximate surface area is 128 Å². The number of hydrogen-bond donors (Lipinski definition) is 0. The number of nitrogens with zero attached hydrogens (tertiary/aromatic N) is 1. The zero-order valence-electron chi connectivity index (χ0n) is 11.8. The lowest BCUT2D eigenvalue weighted by molar-refractivity contribution is 0.0947. The molecule has 2 rings (SSSR count). The van der Waals surface area contributed by atoms with Gasteiger partial charge in [-0.1, -0.05) is 18.2 Å². The standard InChI is InChI=1S/C16H19NOS2/c1-17(10-9-15-4-3-11-20-15)12-16(18)13-5-7-14(19-2)8-6-13/h3-8,11H,9-10,12H2,1-2H3. The molecule has 0 aliphatic rings. The van der Waals surface area contributed by atoms with E-state index in [0.29, 0.717) is 6.54 Å². The van der Waals surface area contributed by atoms with Crippen molar-refractivity contribution in [2.45, 2.75) is 11.3 Å². The molecule has 0 unspecified atom stereocenters. The normalized spacial score (nSPS) is 10.9. The number of carbonyl (C=O) groups excluding carboxylic acids is 1. The number of Topliss-reactive ketones (excluding diaryl/α,β-unsaturated/α-hetero) is 1. The predicted molar refractivity (Wildman–Crippen MR) is 88.1 cm³/mol. The lowest BCUT2D eigenvalue weighted by Crippen LogP contribution is -2.27. The van der Waals surface area contributed by atoms with Crippen molar-refractivity contribution in [1.82, 2.24) is 4.90 Å². The van der Waals surface area contributed by atoms with Crippen molar-refractivity contribution in [3.05, 3.63) is 52.2 Å². The van der Waals surface area contributed by atoms with E-state index in [4.69, 9.17) is 0 Å². The quantitative estimate of drug-likeness (QED) is 0.573. The molecule has 0 spiro atoms. The number of carbonyl (C=O) groups is 1. The van der Waals surface area contributed by atoms with Crippen LogP contribution in [0, 0.1) is 0 Å². The molecular formula is C16H19NOS2. The molecule has 0 amide bonds. The van der Waals surface area contributed by atoms with Gasteiger partial charge in [-0.15, -0.1) is 23.1 Å². The van der Waals surface area contributed by atoms with Gasteiger partial charge in [-0.3, -0.25) is 9.69 Å². The smallest absolute Gasteiger partial charge is 0.176 e. The molecule has 0 bridgehead atoms. The van der Waals surface area contributed by atoms with Gasteiger partial charge in [0.25, 0.3) is 0 Å². The summed E-state index contributed by atoms with van der Waals surface area (Å²) in [6.45, 7) is 1.39. The van der Waals surface area contributed by atoms with Crippen molar-refractivity contribution in [2.24, 2.45) is 0 Å². The van der Waals surface area contributed by atoms with Crippen LogP contribution in [-0.4, -0.2) is 37.1 Å². The van der Waals surface area contributed by atoms with Gasteiger partial charge in [0.1, 0.15) is 0 Å². The second kappa shape index (κ2) is 7.62. The van der Waals surface area contributed by atoms with E-state index in [0.717, 1.165) is 18.5 Å². The number of likely N-dealkylation sites (N-methyl/N-ethyl adjacent to an activating group) is 1. The summed E-state index contributed by atoms with van der Waals surface area (Å²) in [6, 6.07) is 12.1. The molecule has 2 nitrogen and oxygen atoms in total. The summed E-state index contributed by atoms with van der Waals surface area (Å²) in [4.78, 5) is 16.8. The Bertz CT molecular complexity index is 534. The van der Waals surface area contributed by atoms with Crippen LogP contribution in [-0.2, 0) is 6.42 Å². The number of rotatable bonds is 7. The third-order valence-corrected chi connectivity index (χ3v) is 4.83. The Balaban J connectivity index is 1.83. The van der Waals surface area contributed by atoms with Gasteiger partial charge < -0.3 is 0 Å². The molecule has 1 aromatic carbocycles. The van der Waals surface area contributed by atoms with Crippen molar-refractivity contribution in [2.75, 3.05) is 26.4 Å². The highest BCUT2D eigenvalue weighted by Gasteiger charge is 2.09. The topological polar surface area (TPSA) is 20.3 Å². The zero-order chi connectivity index (χ0) is 14.4. The van der Waals surface area contributed by atoms with Crippen LogP contribution in [0.1, 0.15) is 15.2 Å². The van der Waals surface area contributed by atoms with Gasteiger partial charge in [-0.2, -0.15) is 0 Å². The van der Waals surface area contributed by atoms with E-state index in [1.54, 1.807) is 23.1 Å². The third kappa shape index (κ3) is 4.47. The highest BCUT2D eigenvalue weighted by atomic mass is 32.2. The molecule has 20 heavy (non-hydrogen) atoms. The Morgan fingerprint density at radius 3 is 2.60 bits per heavy atom. The van der Waals surface area contributed by atoms with Gasteiger partial charge in [-0.05, 0) is 43.3 Å². The maximum atomic E-state index is 12.2. The van der Waals surface area contributed by atoms with Crippen LogP contribution in [0.3, 0.4) is 0 Å². The molecular weight excluding hydrogens is 286 g/mol. The molecule has 1 heterocycles. The van der Waals surface area contributed by atoms with Gasteiger partial charge in [0.15, 0.2) is 5.78 Å². The lowest BCUT2D eigenvalue weighted by atomic mass is 10.1. The second-order valence-corrected chi connectivity index (χ2v) is 6.63. The maximum Gasteiger partial charge on any atom is 0.176 e. The lowest BCUT2D eigenvalue weighted by Gasteiger charge is -2.15. The van der Waals surface area contributed by atoms with Crippen LogP contribution in [0.4, 0.5) is 0 Å². The van der Waals surface area contributed by atoms with E-state index >= 15 is 0 Å². The average molecular weight is 305 g/mol. The fourth-order valence-electron chi connectivity index (χ4n) is 1.95. The molecule has 2 aromatic rings. The van der Waals surface area contributed by atoms with Crippen LogP contribution in [0.2, 0.25) is 0 Å². The summed E-state index contributed by atoms with van der Waals surface area (Å²) < 4.78 is 0. The Hall–Kier alpha value is -1.10. The predicted octanol–water partition coefficient (Wildman–Crippen LogP) is 3.83. The summed E-state index contributed by atoms with van der Waals surface area (Å²) in [6.07, 6.45) is 3.04. The summed E-state index contributed by atoms with van der Waals surface area (Å²) in [5.41, 5.74) is 0.797. The summed E-state index contributed by atoms with van der Waals surface area (Å²) in [5.74, 6) is 0.186. The van der Waals surface area contributed by atoms with Crippen molar-refractivity contribution >= 4 is 28.9 Å². The first-order valence-corrected chi connectivity index (χ1v) is 8.67. The molecule has 0 aliphatic carbocycles. The SMILES string of the molecule is CSc1ccc(C(=O)CN(C)CCc2cccs2)cc1. The minimum atomic E-state index is 0.186. The monoisotopic (exact) mass is 305 g/mol. The number of ketones is 1. The summed E-state index contributed by atoms with van der Waals surface area (Å²) in [7, 11) is 2.00. The highest BCUT2D eigenvalue weighted by Crippen LogP contribution is 2.15. The van der Waals surface area contributed by atoms with E-state index < -0.39 is 0 Å². The molecule has 0 atom stereocenters. The number of thiophene rings is 1. The van der Waals surface area contributed by atoms with Crippen LogP contribution >= 0.6 is 23.1 Å². The third-order valence-electron chi connectivity index (χ3n) is 3.15. The molecule has 0 saturated heterocycles. The minimum Gasteiger partial charge on any atom is -0.299 e. The minimum absolute atomic E-state index is 0.186.